The molecule has 1 N–H and O–H groups in total. The summed E-state index contributed by atoms with van der Waals surface area (Å²) < 4.78 is 5.10. The summed E-state index contributed by atoms with van der Waals surface area (Å²) in [6.07, 6.45) is 0.373. The lowest BCUT2D eigenvalue weighted by atomic mass is 10.1. The summed E-state index contributed by atoms with van der Waals surface area (Å²) in [6.45, 7) is 0.630. The predicted octanol–water partition coefficient (Wildman–Crippen LogP) is 4.59. The first-order valence-electron chi connectivity index (χ1n) is 7.50. The monoisotopic (exact) mass is 383 g/mol. The lowest BCUT2D eigenvalue weighted by Gasteiger charge is -2.07. The van der Waals surface area contributed by atoms with E-state index in [4.69, 9.17) is 27.9 Å². The Hall–Kier alpha value is -1.36. The molecule has 24 heavy (non-hydrogen) atoms. The molecule has 1 amide bonds. The normalized spacial score (nSPS) is 10.5. The van der Waals surface area contributed by atoms with E-state index in [1.165, 1.54) is 0 Å². The molecule has 2 aromatic rings. The van der Waals surface area contributed by atoms with Crippen molar-refractivity contribution >= 4 is 40.9 Å². The first kappa shape index (κ1) is 19.0. The van der Waals surface area contributed by atoms with Crippen molar-refractivity contribution in [2.75, 3.05) is 19.4 Å². The molecular weight excluding hydrogens is 365 g/mol. The van der Waals surface area contributed by atoms with Crippen molar-refractivity contribution < 1.29 is 9.53 Å². The van der Waals surface area contributed by atoms with Gasteiger partial charge in [0.05, 0.1) is 13.5 Å². The molecule has 0 radical (unpaired) electrons. The van der Waals surface area contributed by atoms with Gasteiger partial charge in [-0.1, -0.05) is 41.4 Å². The maximum absolute atomic E-state index is 11.9. The molecule has 128 valence electrons. The summed E-state index contributed by atoms with van der Waals surface area (Å²) >= 11 is 13.7. The lowest BCUT2D eigenvalue weighted by Crippen LogP contribution is -2.27. The third-order valence-electron chi connectivity index (χ3n) is 3.36. The van der Waals surface area contributed by atoms with Crippen LogP contribution in [0.2, 0.25) is 10.0 Å². The van der Waals surface area contributed by atoms with Gasteiger partial charge < -0.3 is 10.1 Å². The fourth-order valence-electron chi connectivity index (χ4n) is 2.07. The number of benzene rings is 2. The third-order valence-corrected chi connectivity index (χ3v) is 4.96. The van der Waals surface area contributed by atoms with Crippen LogP contribution >= 0.6 is 35.0 Å². The maximum atomic E-state index is 11.9. The Bertz CT molecular complexity index is 677. The fourth-order valence-corrected chi connectivity index (χ4v) is 3.49. The standard InChI is InChI=1S/C18H19Cl2NO2S/c1-23-16-6-2-13(3-7-16)10-18(22)21-8-9-24-12-14-4-5-15(19)11-17(14)20/h2-7,11H,8-10,12H2,1H3,(H,21,22). The van der Waals surface area contributed by atoms with Gasteiger partial charge >= 0.3 is 0 Å². The van der Waals surface area contributed by atoms with Crippen LogP contribution in [0, 0.1) is 0 Å². The van der Waals surface area contributed by atoms with Crippen molar-refractivity contribution in [1.82, 2.24) is 5.32 Å². The van der Waals surface area contributed by atoms with E-state index in [9.17, 15) is 4.79 Å². The zero-order valence-electron chi connectivity index (χ0n) is 13.4. The van der Waals surface area contributed by atoms with E-state index in [2.05, 4.69) is 5.32 Å². The van der Waals surface area contributed by atoms with Crippen molar-refractivity contribution in [1.29, 1.82) is 0 Å². The van der Waals surface area contributed by atoms with Gasteiger partial charge in [-0.2, -0.15) is 11.8 Å². The van der Waals surface area contributed by atoms with E-state index in [1.807, 2.05) is 36.4 Å². The summed E-state index contributed by atoms with van der Waals surface area (Å²) in [5, 5.41) is 4.24. The molecule has 3 nitrogen and oxygen atoms in total. The summed E-state index contributed by atoms with van der Waals surface area (Å²) in [4.78, 5) is 11.9. The number of nitrogens with one attached hydrogen (secondary N) is 1. The Balaban J connectivity index is 1.65. The van der Waals surface area contributed by atoms with Gasteiger partial charge in [-0.15, -0.1) is 0 Å². The number of hydrogen-bond acceptors (Lipinski definition) is 3. The highest BCUT2D eigenvalue weighted by Crippen LogP contribution is 2.24. The molecule has 0 atom stereocenters. The number of rotatable bonds is 8. The molecule has 0 saturated carbocycles. The van der Waals surface area contributed by atoms with Crippen LogP contribution < -0.4 is 10.1 Å². The third kappa shape index (κ3) is 6.27. The number of amides is 1. The second-order valence-corrected chi connectivity index (χ2v) is 7.11. The highest BCUT2D eigenvalue weighted by molar-refractivity contribution is 7.98. The number of halogens is 2. The Morgan fingerprint density at radius 2 is 1.92 bits per heavy atom. The van der Waals surface area contributed by atoms with Gasteiger partial charge in [0.2, 0.25) is 5.91 Å². The molecule has 2 rings (SSSR count). The number of hydrogen-bond donors (Lipinski definition) is 1. The molecule has 0 aliphatic heterocycles. The minimum atomic E-state index is 0.0188. The molecular formula is C18H19Cl2NO2S. The number of carbonyl (C=O) groups is 1. The van der Waals surface area contributed by atoms with Crippen LogP contribution in [-0.2, 0) is 17.0 Å². The second kappa shape index (κ2) is 9.82. The summed E-state index contributed by atoms with van der Waals surface area (Å²) in [5.41, 5.74) is 2.02. The molecule has 0 fully saturated rings. The molecule has 0 bridgehead atoms. The quantitative estimate of drug-likeness (QED) is 0.677. The van der Waals surface area contributed by atoms with Crippen molar-refractivity contribution in [2.45, 2.75) is 12.2 Å². The number of ether oxygens (including phenoxy) is 1. The molecule has 6 heteroatoms. The smallest absolute Gasteiger partial charge is 0.224 e. The van der Waals surface area contributed by atoms with E-state index >= 15 is 0 Å². The highest BCUT2D eigenvalue weighted by Gasteiger charge is 2.04. The summed E-state index contributed by atoms with van der Waals surface area (Å²) in [6, 6.07) is 13.0. The summed E-state index contributed by atoms with van der Waals surface area (Å²) in [5.74, 6) is 2.43. The number of methoxy groups -OCH3 is 1. The Kier molecular flexibility index (Phi) is 7.76. The predicted molar refractivity (Wildman–Crippen MR) is 102 cm³/mol. The van der Waals surface area contributed by atoms with Gasteiger partial charge in [-0.05, 0) is 35.4 Å². The topological polar surface area (TPSA) is 38.3 Å². The van der Waals surface area contributed by atoms with Gasteiger partial charge in [0.1, 0.15) is 5.75 Å². The zero-order chi connectivity index (χ0) is 17.4. The van der Waals surface area contributed by atoms with Crippen LogP contribution in [0.1, 0.15) is 11.1 Å². The SMILES string of the molecule is COc1ccc(CC(=O)NCCSCc2ccc(Cl)cc2Cl)cc1. The largest absolute Gasteiger partial charge is 0.497 e. The average molecular weight is 384 g/mol. The second-order valence-electron chi connectivity index (χ2n) is 5.16. The van der Waals surface area contributed by atoms with E-state index in [0.717, 1.165) is 28.4 Å². The summed E-state index contributed by atoms with van der Waals surface area (Å²) in [7, 11) is 1.62. The van der Waals surface area contributed by atoms with Crippen LogP contribution in [-0.4, -0.2) is 25.3 Å². The average Bonchev–Trinajstić information content (AvgIpc) is 2.57. The van der Waals surface area contributed by atoms with Gasteiger partial charge in [0.15, 0.2) is 0 Å². The Morgan fingerprint density at radius 1 is 1.17 bits per heavy atom. The van der Waals surface area contributed by atoms with Crippen LogP contribution in [0.25, 0.3) is 0 Å². The molecule has 0 aliphatic carbocycles. The van der Waals surface area contributed by atoms with Crippen molar-refractivity contribution in [3.8, 4) is 5.75 Å². The van der Waals surface area contributed by atoms with Crippen molar-refractivity contribution in [2.24, 2.45) is 0 Å². The van der Waals surface area contributed by atoms with Gasteiger partial charge in [0.25, 0.3) is 0 Å². The van der Waals surface area contributed by atoms with Crippen molar-refractivity contribution in [3.05, 3.63) is 63.6 Å². The molecule has 2 aromatic carbocycles. The van der Waals surface area contributed by atoms with Crippen LogP contribution in [0.3, 0.4) is 0 Å². The minimum absolute atomic E-state index is 0.0188. The number of carbonyl (C=O) groups excluding carboxylic acids is 1. The van der Waals surface area contributed by atoms with Gasteiger partial charge in [-0.25, -0.2) is 0 Å². The first-order chi connectivity index (χ1) is 11.6. The van der Waals surface area contributed by atoms with Crippen LogP contribution in [0.5, 0.6) is 5.75 Å². The first-order valence-corrected chi connectivity index (χ1v) is 9.41. The number of thioether (sulfide) groups is 1. The Labute approximate surface area is 156 Å². The zero-order valence-corrected chi connectivity index (χ0v) is 15.7. The van der Waals surface area contributed by atoms with Crippen molar-refractivity contribution in [3.63, 3.8) is 0 Å². The fraction of sp³-hybridized carbons (Fsp3) is 0.278. The molecule has 0 spiro atoms. The van der Waals surface area contributed by atoms with Gasteiger partial charge in [-0.3, -0.25) is 4.79 Å². The van der Waals surface area contributed by atoms with E-state index in [1.54, 1.807) is 24.9 Å². The van der Waals surface area contributed by atoms with E-state index < -0.39 is 0 Å². The minimum Gasteiger partial charge on any atom is -0.497 e. The Morgan fingerprint density at radius 3 is 2.58 bits per heavy atom. The maximum Gasteiger partial charge on any atom is 0.224 e. The molecule has 0 aromatic heterocycles. The highest BCUT2D eigenvalue weighted by atomic mass is 35.5. The van der Waals surface area contributed by atoms with Crippen LogP contribution in [0.15, 0.2) is 42.5 Å². The lowest BCUT2D eigenvalue weighted by molar-refractivity contribution is -0.120. The van der Waals surface area contributed by atoms with Crippen LogP contribution in [0.4, 0.5) is 0 Å². The molecule has 0 saturated heterocycles. The molecule has 0 aliphatic rings. The van der Waals surface area contributed by atoms with E-state index in [-0.39, 0.29) is 5.91 Å². The molecule has 0 unspecified atom stereocenters. The van der Waals surface area contributed by atoms with Gasteiger partial charge in [0, 0.05) is 28.1 Å². The molecule has 0 heterocycles. The van der Waals surface area contributed by atoms with E-state index in [0.29, 0.717) is 23.0 Å².